The maximum absolute atomic E-state index is 11.0. The molecule has 1 saturated heterocycles. The molecule has 2 fully saturated rings. The maximum atomic E-state index is 11.0. The predicted octanol–water partition coefficient (Wildman–Crippen LogP) is 4.09. The fraction of sp³-hybridized carbons (Fsp3) is 0.458. The molecule has 4 rings (SSSR count). The molecule has 176 valence electrons. The van der Waals surface area contributed by atoms with E-state index in [-0.39, 0.29) is 17.1 Å². The van der Waals surface area contributed by atoms with Crippen LogP contribution in [0.15, 0.2) is 42.5 Å². The number of anilines is 1. The van der Waals surface area contributed by atoms with Gasteiger partial charge in [-0.05, 0) is 75.3 Å². The molecule has 1 saturated carbocycles. The summed E-state index contributed by atoms with van der Waals surface area (Å²) in [5.41, 5.74) is 2.01. The highest BCUT2D eigenvalue weighted by Gasteiger charge is 2.50. The largest absolute Gasteiger partial charge is 0.493 e. The number of likely N-dealkylation sites (tertiary alicyclic amines) is 1. The van der Waals surface area contributed by atoms with Gasteiger partial charge in [0.25, 0.3) is 5.69 Å². The lowest BCUT2D eigenvalue weighted by Crippen LogP contribution is -2.52. The van der Waals surface area contributed by atoms with Gasteiger partial charge in [-0.15, -0.1) is 0 Å². The van der Waals surface area contributed by atoms with Crippen molar-refractivity contribution in [2.45, 2.75) is 43.2 Å². The van der Waals surface area contributed by atoms with Crippen LogP contribution in [0, 0.1) is 10.1 Å². The van der Waals surface area contributed by atoms with Crippen molar-refractivity contribution in [3.8, 4) is 11.5 Å². The molecular weight excluding hydrogens is 440 g/mol. The first kappa shape index (κ1) is 23.3. The van der Waals surface area contributed by atoms with Gasteiger partial charge in [-0.2, -0.15) is 0 Å². The average molecular weight is 471 g/mol. The standard InChI is InChI=1S/C24H30N4O4S/c1-27-12-11-24(16-7-8-20(31-2)21(13-16)32-3)10-9-18(15-22(24)27)26-23(33)25-17-5-4-6-19(14-17)28(29)30/h4-8,13-14,18,22H,9-12,15H2,1-3H3,(H2,25,26,33)/t18-,22+,24-/m0/s1. The molecule has 33 heavy (non-hydrogen) atoms. The van der Waals surface area contributed by atoms with Crippen molar-refractivity contribution >= 4 is 28.7 Å². The van der Waals surface area contributed by atoms with Crippen LogP contribution in [0.4, 0.5) is 11.4 Å². The smallest absolute Gasteiger partial charge is 0.271 e. The number of fused-ring (bicyclic) bond motifs is 1. The Morgan fingerprint density at radius 1 is 1.18 bits per heavy atom. The van der Waals surface area contributed by atoms with Gasteiger partial charge in [-0.3, -0.25) is 10.1 Å². The topological polar surface area (TPSA) is 88.9 Å². The number of likely N-dealkylation sites (N-methyl/N-ethyl adjacent to an activating group) is 1. The van der Waals surface area contributed by atoms with Crippen LogP contribution in [-0.4, -0.2) is 54.8 Å². The van der Waals surface area contributed by atoms with Gasteiger partial charge in [0.1, 0.15) is 0 Å². The number of hydrogen-bond acceptors (Lipinski definition) is 6. The molecule has 9 heteroatoms. The lowest BCUT2D eigenvalue weighted by atomic mass is 9.65. The Kier molecular flexibility index (Phi) is 6.71. The number of rotatable bonds is 6. The molecule has 8 nitrogen and oxygen atoms in total. The van der Waals surface area contributed by atoms with Gasteiger partial charge < -0.3 is 25.0 Å². The lowest BCUT2D eigenvalue weighted by Gasteiger charge is -2.45. The van der Waals surface area contributed by atoms with E-state index in [1.165, 1.54) is 17.7 Å². The Labute approximate surface area is 199 Å². The molecular formula is C24H30N4O4S. The number of nitrogens with one attached hydrogen (secondary N) is 2. The summed E-state index contributed by atoms with van der Waals surface area (Å²) in [7, 11) is 5.52. The van der Waals surface area contributed by atoms with Crippen molar-refractivity contribution in [3.05, 3.63) is 58.1 Å². The summed E-state index contributed by atoms with van der Waals surface area (Å²) in [6.07, 6.45) is 4.08. The number of nitrogens with zero attached hydrogens (tertiary/aromatic N) is 2. The highest BCUT2D eigenvalue weighted by atomic mass is 32.1. The second-order valence-corrected chi connectivity index (χ2v) is 9.26. The molecule has 2 aromatic rings. The van der Waals surface area contributed by atoms with Gasteiger partial charge in [0.05, 0.1) is 19.1 Å². The maximum Gasteiger partial charge on any atom is 0.271 e. The monoisotopic (exact) mass is 470 g/mol. The summed E-state index contributed by atoms with van der Waals surface area (Å²) in [5, 5.41) is 18.0. The highest BCUT2D eigenvalue weighted by molar-refractivity contribution is 7.80. The van der Waals surface area contributed by atoms with Gasteiger partial charge in [-0.25, -0.2) is 0 Å². The molecule has 3 atom stereocenters. The highest BCUT2D eigenvalue weighted by Crippen LogP contribution is 2.49. The number of methoxy groups -OCH3 is 2. The summed E-state index contributed by atoms with van der Waals surface area (Å²) < 4.78 is 11.0. The van der Waals surface area contributed by atoms with Crippen molar-refractivity contribution in [2.75, 3.05) is 33.1 Å². The molecule has 2 aliphatic rings. The number of non-ortho nitro benzene ring substituents is 1. The molecule has 0 radical (unpaired) electrons. The van der Waals surface area contributed by atoms with Gasteiger partial charge >= 0.3 is 0 Å². The Morgan fingerprint density at radius 2 is 1.97 bits per heavy atom. The molecule has 1 heterocycles. The Morgan fingerprint density at radius 3 is 2.70 bits per heavy atom. The molecule has 2 aromatic carbocycles. The SMILES string of the molecule is COc1ccc([C@@]23CC[C@H](NC(=S)Nc4cccc([N+](=O)[O-])c4)C[C@H]2N(C)CC3)cc1OC. The van der Waals surface area contributed by atoms with E-state index >= 15 is 0 Å². The van der Waals surface area contributed by atoms with E-state index in [1.54, 1.807) is 26.4 Å². The first-order valence-corrected chi connectivity index (χ1v) is 11.5. The quantitative estimate of drug-likeness (QED) is 0.371. The molecule has 0 amide bonds. The molecule has 1 aliphatic carbocycles. The van der Waals surface area contributed by atoms with E-state index in [0.717, 1.165) is 43.7 Å². The summed E-state index contributed by atoms with van der Waals surface area (Å²) >= 11 is 5.52. The minimum atomic E-state index is -0.410. The normalized spacial score (nSPS) is 24.6. The summed E-state index contributed by atoms with van der Waals surface area (Å²) in [6, 6.07) is 13.3. The van der Waals surface area contributed by atoms with Crippen LogP contribution in [0.3, 0.4) is 0 Å². The van der Waals surface area contributed by atoms with Crippen LogP contribution in [0.25, 0.3) is 0 Å². The Bertz CT molecular complexity index is 1050. The first-order valence-electron chi connectivity index (χ1n) is 11.1. The van der Waals surface area contributed by atoms with Crippen molar-refractivity contribution in [3.63, 3.8) is 0 Å². The first-order chi connectivity index (χ1) is 15.9. The van der Waals surface area contributed by atoms with Gasteiger partial charge in [-0.1, -0.05) is 12.1 Å². The molecule has 0 aromatic heterocycles. The average Bonchev–Trinajstić information content (AvgIpc) is 3.15. The Balaban J connectivity index is 1.47. The van der Waals surface area contributed by atoms with Crippen LogP contribution in [0.1, 0.15) is 31.2 Å². The Hall–Kier alpha value is -2.91. The van der Waals surface area contributed by atoms with E-state index in [1.807, 2.05) is 6.07 Å². The zero-order chi connectivity index (χ0) is 23.6. The second kappa shape index (κ2) is 9.52. The van der Waals surface area contributed by atoms with E-state index < -0.39 is 4.92 Å². The number of hydrogen-bond donors (Lipinski definition) is 2. The third-order valence-corrected chi connectivity index (χ3v) is 7.36. The number of ether oxygens (including phenoxy) is 2. The molecule has 0 unspecified atom stereocenters. The molecule has 0 bridgehead atoms. The number of benzene rings is 2. The number of nitro benzene ring substituents is 1. The lowest BCUT2D eigenvalue weighted by molar-refractivity contribution is -0.384. The third kappa shape index (κ3) is 4.60. The van der Waals surface area contributed by atoms with Crippen LogP contribution in [0.2, 0.25) is 0 Å². The van der Waals surface area contributed by atoms with Crippen LogP contribution >= 0.6 is 12.2 Å². The summed E-state index contributed by atoms with van der Waals surface area (Å²) in [5.74, 6) is 1.51. The van der Waals surface area contributed by atoms with Gasteiger partial charge in [0, 0.05) is 35.3 Å². The minimum Gasteiger partial charge on any atom is -0.493 e. The predicted molar refractivity (Wildman–Crippen MR) is 132 cm³/mol. The van der Waals surface area contributed by atoms with Crippen molar-refractivity contribution in [2.24, 2.45) is 0 Å². The second-order valence-electron chi connectivity index (χ2n) is 8.85. The van der Waals surface area contributed by atoms with Crippen LogP contribution in [-0.2, 0) is 5.41 Å². The number of thiocarbonyl (C=S) groups is 1. The zero-order valence-electron chi connectivity index (χ0n) is 19.2. The molecule has 1 aliphatic heterocycles. The fourth-order valence-corrected chi connectivity index (χ4v) is 5.73. The van der Waals surface area contributed by atoms with Gasteiger partial charge in [0.15, 0.2) is 16.6 Å². The van der Waals surface area contributed by atoms with E-state index in [4.69, 9.17) is 21.7 Å². The van der Waals surface area contributed by atoms with Crippen molar-refractivity contribution < 1.29 is 14.4 Å². The zero-order valence-corrected chi connectivity index (χ0v) is 20.0. The summed E-state index contributed by atoms with van der Waals surface area (Å²) in [4.78, 5) is 13.1. The number of nitro groups is 1. The van der Waals surface area contributed by atoms with Crippen LogP contribution in [0.5, 0.6) is 11.5 Å². The third-order valence-electron chi connectivity index (χ3n) is 7.14. The molecule has 2 N–H and O–H groups in total. The molecule has 0 spiro atoms. The summed E-state index contributed by atoms with van der Waals surface area (Å²) in [6.45, 7) is 1.04. The van der Waals surface area contributed by atoms with Gasteiger partial charge in [0.2, 0.25) is 0 Å². The fourth-order valence-electron chi connectivity index (χ4n) is 5.44. The minimum absolute atomic E-state index is 0.0350. The van der Waals surface area contributed by atoms with E-state index in [0.29, 0.717) is 16.8 Å². The van der Waals surface area contributed by atoms with Crippen molar-refractivity contribution in [1.29, 1.82) is 0 Å². The van der Waals surface area contributed by atoms with E-state index in [9.17, 15) is 10.1 Å². The van der Waals surface area contributed by atoms with Crippen LogP contribution < -0.4 is 20.1 Å². The van der Waals surface area contributed by atoms with E-state index in [2.05, 4.69) is 34.7 Å². The van der Waals surface area contributed by atoms with Crippen molar-refractivity contribution in [1.82, 2.24) is 10.2 Å².